The van der Waals surface area contributed by atoms with Crippen LogP contribution in [0, 0.1) is 0 Å². The molecule has 3 nitrogen and oxygen atoms in total. The smallest absolute Gasteiger partial charge is 0.334 e. The van der Waals surface area contributed by atoms with Gasteiger partial charge in [0.2, 0.25) is 0 Å². The molecule has 0 radical (unpaired) electrons. The largest absolute Gasteiger partial charge is 0.416 e. The topological polar surface area (TPSA) is 30.7 Å². The predicted octanol–water partition coefficient (Wildman–Crippen LogP) is 4.28. The van der Waals surface area contributed by atoms with Crippen LogP contribution in [0.15, 0.2) is 47.9 Å². The van der Waals surface area contributed by atoms with Gasteiger partial charge in [-0.15, -0.1) is 0 Å². The molecule has 1 aromatic carbocycles. The van der Waals surface area contributed by atoms with Gasteiger partial charge in [-0.2, -0.15) is 13.2 Å². The molecule has 2 heterocycles. The second-order valence-electron chi connectivity index (χ2n) is 4.78. The van der Waals surface area contributed by atoms with E-state index >= 15 is 0 Å². The summed E-state index contributed by atoms with van der Waals surface area (Å²) in [6.45, 7) is 0. The van der Waals surface area contributed by atoms with Gasteiger partial charge in [0.25, 0.3) is 0 Å². The molecule has 0 N–H and O–H groups in total. The molecule has 0 unspecified atom stereocenters. The third kappa shape index (κ3) is 2.81. The Kier molecular flexibility index (Phi) is 3.82. The molecule has 0 atom stereocenters. The van der Waals surface area contributed by atoms with Gasteiger partial charge in [-0.05, 0) is 17.7 Å². The summed E-state index contributed by atoms with van der Waals surface area (Å²) in [6.07, 6.45) is -1.04. The van der Waals surface area contributed by atoms with Crippen molar-refractivity contribution < 1.29 is 13.2 Å². The van der Waals surface area contributed by atoms with E-state index in [0.29, 0.717) is 10.5 Å². The van der Waals surface area contributed by atoms with Crippen molar-refractivity contribution in [3.63, 3.8) is 0 Å². The van der Waals surface area contributed by atoms with Crippen LogP contribution in [-0.2, 0) is 19.0 Å². The number of pyridine rings is 1. The van der Waals surface area contributed by atoms with Gasteiger partial charge in [0.15, 0.2) is 0 Å². The second kappa shape index (κ2) is 5.64. The lowest BCUT2D eigenvalue weighted by Crippen LogP contribution is -2.08. The zero-order chi connectivity index (χ0) is 15.7. The lowest BCUT2D eigenvalue weighted by Gasteiger charge is -2.12. The SMILES string of the molecule is Cn1cnc2c(SCc3ccccc3C(F)(F)F)nccc21. The maximum atomic E-state index is 13.0. The number of aryl methyl sites for hydroxylation is 1. The van der Waals surface area contributed by atoms with Crippen LogP contribution in [0.2, 0.25) is 0 Å². The molecule has 0 fully saturated rings. The van der Waals surface area contributed by atoms with Crippen LogP contribution < -0.4 is 0 Å². The minimum atomic E-state index is -4.35. The van der Waals surface area contributed by atoms with Crippen LogP contribution >= 0.6 is 11.8 Å². The van der Waals surface area contributed by atoms with Crippen molar-refractivity contribution in [3.8, 4) is 0 Å². The summed E-state index contributed by atoms with van der Waals surface area (Å²) >= 11 is 1.26. The van der Waals surface area contributed by atoms with Gasteiger partial charge in [-0.25, -0.2) is 9.97 Å². The third-order valence-electron chi connectivity index (χ3n) is 3.30. The zero-order valence-corrected chi connectivity index (χ0v) is 12.4. The van der Waals surface area contributed by atoms with Crippen LogP contribution in [-0.4, -0.2) is 14.5 Å². The molecule has 0 amide bonds. The van der Waals surface area contributed by atoms with Gasteiger partial charge >= 0.3 is 6.18 Å². The normalized spacial score (nSPS) is 12.0. The molecule has 3 rings (SSSR count). The van der Waals surface area contributed by atoms with E-state index in [1.165, 1.54) is 23.9 Å². The first kappa shape index (κ1) is 14.9. The highest BCUT2D eigenvalue weighted by Crippen LogP contribution is 2.35. The van der Waals surface area contributed by atoms with Crippen molar-refractivity contribution in [3.05, 3.63) is 54.0 Å². The van der Waals surface area contributed by atoms with Gasteiger partial charge in [0, 0.05) is 19.0 Å². The number of halogens is 3. The number of aromatic nitrogens is 3. The fourth-order valence-electron chi connectivity index (χ4n) is 2.21. The fraction of sp³-hybridized carbons (Fsp3) is 0.200. The highest BCUT2D eigenvalue weighted by atomic mass is 32.2. The Morgan fingerprint density at radius 1 is 1.14 bits per heavy atom. The second-order valence-corrected chi connectivity index (χ2v) is 5.75. The molecule has 3 aromatic rings. The molecule has 0 spiro atoms. The average Bonchev–Trinajstić information content (AvgIpc) is 2.87. The third-order valence-corrected chi connectivity index (χ3v) is 4.32. The molecule has 0 saturated carbocycles. The van der Waals surface area contributed by atoms with E-state index in [1.54, 1.807) is 18.6 Å². The van der Waals surface area contributed by atoms with E-state index in [9.17, 15) is 13.2 Å². The number of nitrogens with zero attached hydrogens (tertiary/aromatic N) is 3. The molecule has 114 valence electrons. The van der Waals surface area contributed by atoms with E-state index in [1.807, 2.05) is 17.7 Å². The average molecular weight is 323 g/mol. The quantitative estimate of drug-likeness (QED) is 0.674. The van der Waals surface area contributed by atoms with E-state index in [-0.39, 0.29) is 11.3 Å². The summed E-state index contributed by atoms with van der Waals surface area (Å²) in [5.41, 5.74) is 1.26. The molecule has 0 aliphatic carbocycles. The number of thioether (sulfide) groups is 1. The Balaban J connectivity index is 1.89. The molecular formula is C15H12F3N3S. The standard InChI is InChI=1S/C15H12F3N3S/c1-21-9-20-13-12(21)6-7-19-14(13)22-8-10-4-2-3-5-11(10)15(16,17)18/h2-7,9H,8H2,1H3. The molecule has 7 heteroatoms. The van der Waals surface area contributed by atoms with Crippen molar-refractivity contribution in [2.24, 2.45) is 7.05 Å². The van der Waals surface area contributed by atoms with Gasteiger partial charge in [-0.1, -0.05) is 30.0 Å². The van der Waals surface area contributed by atoms with Crippen LogP contribution in [0.4, 0.5) is 13.2 Å². The van der Waals surface area contributed by atoms with Gasteiger partial charge in [0.1, 0.15) is 10.5 Å². The zero-order valence-electron chi connectivity index (χ0n) is 11.6. The number of imidazole rings is 1. The Hall–Kier alpha value is -2.02. The highest BCUT2D eigenvalue weighted by molar-refractivity contribution is 7.98. The summed E-state index contributed by atoms with van der Waals surface area (Å²) in [5.74, 6) is 0.193. The number of rotatable bonds is 3. The number of fused-ring (bicyclic) bond motifs is 1. The lowest BCUT2D eigenvalue weighted by molar-refractivity contribution is -0.138. The number of alkyl halides is 3. The first-order valence-electron chi connectivity index (χ1n) is 6.51. The van der Waals surface area contributed by atoms with Crippen LogP contribution in [0.1, 0.15) is 11.1 Å². The Morgan fingerprint density at radius 2 is 1.91 bits per heavy atom. The van der Waals surface area contributed by atoms with Crippen LogP contribution in [0.5, 0.6) is 0 Å². The fourth-order valence-corrected chi connectivity index (χ4v) is 3.19. The maximum Gasteiger partial charge on any atom is 0.416 e. The first-order chi connectivity index (χ1) is 10.5. The van der Waals surface area contributed by atoms with Crippen molar-refractivity contribution in [1.82, 2.24) is 14.5 Å². The summed E-state index contributed by atoms with van der Waals surface area (Å²) in [7, 11) is 1.86. The molecule has 0 aliphatic rings. The minimum Gasteiger partial charge on any atom is -0.334 e. The number of hydrogen-bond acceptors (Lipinski definition) is 3. The molecular weight excluding hydrogens is 311 g/mol. The molecule has 2 aromatic heterocycles. The van der Waals surface area contributed by atoms with Crippen molar-refractivity contribution in [2.75, 3.05) is 0 Å². The highest BCUT2D eigenvalue weighted by Gasteiger charge is 2.32. The monoisotopic (exact) mass is 323 g/mol. The summed E-state index contributed by atoms with van der Waals surface area (Å²) in [5, 5.41) is 0.634. The molecule has 22 heavy (non-hydrogen) atoms. The summed E-state index contributed by atoms with van der Waals surface area (Å²) < 4.78 is 40.8. The van der Waals surface area contributed by atoms with E-state index in [4.69, 9.17) is 0 Å². The first-order valence-corrected chi connectivity index (χ1v) is 7.49. The van der Waals surface area contributed by atoms with E-state index < -0.39 is 11.7 Å². The van der Waals surface area contributed by atoms with Gasteiger partial charge in [0.05, 0.1) is 17.4 Å². The van der Waals surface area contributed by atoms with Gasteiger partial charge < -0.3 is 4.57 Å². The minimum absolute atomic E-state index is 0.193. The maximum absolute atomic E-state index is 13.0. The van der Waals surface area contributed by atoms with E-state index in [2.05, 4.69) is 9.97 Å². The molecule has 0 aliphatic heterocycles. The van der Waals surface area contributed by atoms with Crippen LogP contribution in [0.25, 0.3) is 11.0 Å². The van der Waals surface area contributed by atoms with Gasteiger partial charge in [-0.3, -0.25) is 0 Å². The lowest BCUT2D eigenvalue weighted by atomic mass is 10.1. The summed E-state index contributed by atoms with van der Waals surface area (Å²) in [6, 6.07) is 7.43. The summed E-state index contributed by atoms with van der Waals surface area (Å²) in [4.78, 5) is 8.49. The Morgan fingerprint density at radius 3 is 2.68 bits per heavy atom. The van der Waals surface area contributed by atoms with Crippen LogP contribution in [0.3, 0.4) is 0 Å². The van der Waals surface area contributed by atoms with Crippen molar-refractivity contribution in [1.29, 1.82) is 0 Å². The molecule has 0 bridgehead atoms. The number of hydrogen-bond donors (Lipinski definition) is 0. The predicted molar refractivity (Wildman–Crippen MR) is 79.5 cm³/mol. The Labute approximate surface area is 129 Å². The van der Waals surface area contributed by atoms with Crippen molar-refractivity contribution >= 4 is 22.8 Å². The van der Waals surface area contributed by atoms with Crippen molar-refractivity contribution in [2.45, 2.75) is 17.0 Å². The van der Waals surface area contributed by atoms with E-state index in [0.717, 1.165) is 11.6 Å². The number of benzene rings is 1. The molecule has 0 saturated heterocycles. The Bertz CT molecular complexity index is 811.